The maximum atomic E-state index is 12.8. The number of pyridine rings is 1. The highest BCUT2D eigenvalue weighted by Gasteiger charge is 2.24. The van der Waals surface area contributed by atoms with Crippen molar-refractivity contribution in [2.75, 3.05) is 16.0 Å². The molecule has 0 radical (unpaired) electrons. The summed E-state index contributed by atoms with van der Waals surface area (Å²) in [6.45, 7) is 0. The molecule has 2 aliphatic carbocycles. The molecule has 0 atom stereocenters. The second-order valence-corrected chi connectivity index (χ2v) is 9.31. The summed E-state index contributed by atoms with van der Waals surface area (Å²) < 4.78 is 0. The first-order valence-corrected chi connectivity index (χ1v) is 12.2. The van der Waals surface area contributed by atoms with E-state index in [-0.39, 0.29) is 17.7 Å². The standard InChI is InChI=1S/C28H30N4O2/c33-27(20-6-2-1-3-7-20)32-26-18-25(14-15-29-26)30-23-10-5-11-24(17-23)31-28(34)22-9-4-8-21(16-22)19-12-13-19/h4-5,8-11,14-20H,1-3,6-7,12-13H2,(H,31,34)(H2,29,30,32,33). The average Bonchev–Trinajstić information content (AvgIpc) is 3.71. The first-order chi connectivity index (χ1) is 16.6. The minimum Gasteiger partial charge on any atom is -0.355 e. The van der Waals surface area contributed by atoms with Gasteiger partial charge in [-0.2, -0.15) is 0 Å². The van der Waals surface area contributed by atoms with Crippen LogP contribution >= 0.6 is 0 Å². The molecule has 2 aromatic carbocycles. The summed E-state index contributed by atoms with van der Waals surface area (Å²) in [5.74, 6) is 1.17. The van der Waals surface area contributed by atoms with Crippen LogP contribution in [-0.2, 0) is 4.79 Å². The first-order valence-electron chi connectivity index (χ1n) is 12.2. The molecule has 3 N–H and O–H groups in total. The van der Waals surface area contributed by atoms with Gasteiger partial charge in [-0.1, -0.05) is 37.5 Å². The summed E-state index contributed by atoms with van der Waals surface area (Å²) in [5, 5.41) is 9.30. The minimum absolute atomic E-state index is 0.0554. The van der Waals surface area contributed by atoms with Crippen molar-refractivity contribution in [1.82, 2.24) is 4.98 Å². The van der Waals surface area contributed by atoms with E-state index < -0.39 is 0 Å². The van der Waals surface area contributed by atoms with Crippen molar-refractivity contribution in [3.05, 3.63) is 78.0 Å². The molecule has 6 nitrogen and oxygen atoms in total. The second-order valence-electron chi connectivity index (χ2n) is 9.31. The van der Waals surface area contributed by atoms with Crippen molar-refractivity contribution in [2.45, 2.75) is 50.9 Å². The van der Waals surface area contributed by atoms with Crippen molar-refractivity contribution in [2.24, 2.45) is 5.92 Å². The van der Waals surface area contributed by atoms with Gasteiger partial charge in [-0.15, -0.1) is 0 Å². The molecule has 2 fully saturated rings. The molecule has 34 heavy (non-hydrogen) atoms. The van der Waals surface area contributed by atoms with Gasteiger partial charge in [0.2, 0.25) is 5.91 Å². The number of amides is 2. The number of hydrogen-bond donors (Lipinski definition) is 3. The van der Waals surface area contributed by atoms with Crippen LogP contribution in [0, 0.1) is 5.92 Å². The molecule has 2 amide bonds. The third-order valence-corrected chi connectivity index (χ3v) is 6.59. The van der Waals surface area contributed by atoms with E-state index in [1.54, 1.807) is 6.20 Å². The Kier molecular flexibility index (Phi) is 6.56. The van der Waals surface area contributed by atoms with Crippen LogP contribution in [0.3, 0.4) is 0 Å². The Morgan fingerprint density at radius 1 is 0.765 bits per heavy atom. The number of aromatic nitrogens is 1. The molecule has 5 rings (SSSR count). The van der Waals surface area contributed by atoms with E-state index in [4.69, 9.17) is 0 Å². The van der Waals surface area contributed by atoms with Crippen LogP contribution in [0.25, 0.3) is 0 Å². The zero-order valence-corrected chi connectivity index (χ0v) is 19.2. The number of hydrogen-bond acceptors (Lipinski definition) is 4. The number of anilines is 4. The lowest BCUT2D eigenvalue weighted by Gasteiger charge is -2.20. The zero-order chi connectivity index (χ0) is 23.3. The van der Waals surface area contributed by atoms with Gasteiger partial charge in [0.1, 0.15) is 5.82 Å². The van der Waals surface area contributed by atoms with E-state index in [0.29, 0.717) is 23.0 Å². The predicted octanol–water partition coefficient (Wildman–Crippen LogP) is 6.47. The minimum atomic E-state index is -0.115. The molecule has 2 aliphatic rings. The molecule has 6 heteroatoms. The number of carbonyl (C=O) groups excluding carboxylic acids is 2. The molecule has 2 saturated carbocycles. The lowest BCUT2D eigenvalue weighted by Crippen LogP contribution is -2.25. The highest BCUT2D eigenvalue weighted by molar-refractivity contribution is 6.04. The van der Waals surface area contributed by atoms with Gasteiger partial charge in [0, 0.05) is 40.8 Å². The summed E-state index contributed by atoms with van der Waals surface area (Å²) in [6, 6.07) is 19.2. The van der Waals surface area contributed by atoms with Crippen molar-refractivity contribution in [3.63, 3.8) is 0 Å². The fourth-order valence-corrected chi connectivity index (χ4v) is 4.56. The topological polar surface area (TPSA) is 83.1 Å². The van der Waals surface area contributed by atoms with Gasteiger partial charge < -0.3 is 16.0 Å². The largest absolute Gasteiger partial charge is 0.355 e. The van der Waals surface area contributed by atoms with Gasteiger partial charge in [-0.25, -0.2) is 4.98 Å². The lowest BCUT2D eigenvalue weighted by atomic mass is 9.89. The first kappa shape index (κ1) is 22.1. The summed E-state index contributed by atoms with van der Waals surface area (Å²) in [5.41, 5.74) is 4.28. The van der Waals surface area contributed by atoms with Crippen LogP contribution < -0.4 is 16.0 Å². The Bertz CT molecular complexity index is 1180. The zero-order valence-electron chi connectivity index (χ0n) is 19.2. The second kappa shape index (κ2) is 10.1. The Morgan fingerprint density at radius 3 is 2.35 bits per heavy atom. The van der Waals surface area contributed by atoms with Gasteiger partial charge in [0.05, 0.1) is 0 Å². The van der Waals surface area contributed by atoms with Crippen LogP contribution in [0.2, 0.25) is 0 Å². The molecule has 1 aromatic heterocycles. The Hall–Kier alpha value is -3.67. The lowest BCUT2D eigenvalue weighted by molar-refractivity contribution is -0.120. The van der Waals surface area contributed by atoms with Crippen LogP contribution in [0.4, 0.5) is 22.9 Å². The van der Waals surface area contributed by atoms with E-state index in [9.17, 15) is 9.59 Å². The molecule has 0 saturated heterocycles. The summed E-state index contributed by atoms with van der Waals surface area (Å²) >= 11 is 0. The number of nitrogens with one attached hydrogen (secondary N) is 3. The quantitative estimate of drug-likeness (QED) is 0.382. The number of carbonyl (C=O) groups is 2. The van der Waals surface area contributed by atoms with Crippen LogP contribution in [-0.4, -0.2) is 16.8 Å². The maximum absolute atomic E-state index is 12.8. The maximum Gasteiger partial charge on any atom is 0.255 e. The predicted molar refractivity (Wildman–Crippen MR) is 136 cm³/mol. The number of benzene rings is 2. The molecule has 0 bridgehead atoms. The summed E-state index contributed by atoms with van der Waals surface area (Å²) in [7, 11) is 0. The Balaban J connectivity index is 1.22. The van der Waals surface area contributed by atoms with Gasteiger partial charge in [0.25, 0.3) is 5.91 Å². The molecule has 0 aliphatic heterocycles. The van der Waals surface area contributed by atoms with Crippen molar-refractivity contribution >= 4 is 34.7 Å². The van der Waals surface area contributed by atoms with Crippen molar-refractivity contribution in [1.29, 1.82) is 0 Å². The highest BCUT2D eigenvalue weighted by atomic mass is 16.2. The third-order valence-electron chi connectivity index (χ3n) is 6.59. The molecule has 1 heterocycles. The molecule has 3 aromatic rings. The fraction of sp³-hybridized carbons (Fsp3) is 0.321. The highest BCUT2D eigenvalue weighted by Crippen LogP contribution is 2.40. The van der Waals surface area contributed by atoms with E-state index >= 15 is 0 Å². The van der Waals surface area contributed by atoms with Crippen LogP contribution in [0.1, 0.15) is 66.8 Å². The Morgan fingerprint density at radius 2 is 1.53 bits per heavy atom. The molecular weight excluding hydrogens is 424 g/mol. The summed E-state index contributed by atoms with van der Waals surface area (Å²) in [6.07, 6.45) is 9.45. The monoisotopic (exact) mass is 454 g/mol. The number of rotatable bonds is 7. The van der Waals surface area contributed by atoms with Crippen molar-refractivity contribution < 1.29 is 9.59 Å². The smallest absolute Gasteiger partial charge is 0.255 e. The Labute approximate surface area is 200 Å². The van der Waals surface area contributed by atoms with E-state index in [1.165, 1.54) is 24.8 Å². The SMILES string of the molecule is O=C(Nc1cccc(Nc2ccnc(NC(=O)C3CCCCC3)c2)c1)c1cccc(C2CC2)c1. The molecular formula is C28H30N4O2. The molecule has 0 spiro atoms. The molecule has 0 unspecified atom stereocenters. The van der Waals surface area contributed by atoms with Gasteiger partial charge in [-0.05, 0) is 73.6 Å². The molecule has 174 valence electrons. The van der Waals surface area contributed by atoms with Gasteiger partial charge >= 0.3 is 0 Å². The van der Waals surface area contributed by atoms with Crippen molar-refractivity contribution in [3.8, 4) is 0 Å². The van der Waals surface area contributed by atoms with Gasteiger partial charge in [-0.3, -0.25) is 9.59 Å². The average molecular weight is 455 g/mol. The fourth-order valence-electron chi connectivity index (χ4n) is 4.56. The van der Waals surface area contributed by atoms with E-state index in [1.807, 2.05) is 54.6 Å². The van der Waals surface area contributed by atoms with Gasteiger partial charge in [0.15, 0.2) is 0 Å². The van der Waals surface area contributed by atoms with E-state index in [2.05, 4.69) is 27.0 Å². The summed E-state index contributed by atoms with van der Waals surface area (Å²) in [4.78, 5) is 29.6. The van der Waals surface area contributed by atoms with Crippen LogP contribution in [0.15, 0.2) is 66.9 Å². The van der Waals surface area contributed by atoms with Crippen LogP contribution in [0.5, 0.6) is 0 Å². The normalized spacial score (nSPS) is 16.0. The third kappa shape index (κ3) is 5.63. The number of nitrogens with zero attached hydrogens (tertiary/aromatic N) is 1. The van der Waals surface area contributed by atoms with E-state index in [0.717, 1.165) is 37.1 Å².